The first-order valence-electron chi connectivity index (χ1n) is 5.82. The van der Waals surface area contributed by atoms with E-state index in [0.29, 0.717) is 12.5 Å². The van der Waals surface area contributed by atoms with E-state index in [1.165, 1.54) is 0 Å². The summed E-state index contributed by atoms with van der Waals surface area (Å²) in [6.45, 7) is 2.18. The Balaban J connectivity index is 1.83. The van der Waals surface area contributed by atoms with Crippen molar-refractivity contribution in [1.29, 1.82) is 0 Å². The lowest BCUT2D eigenvalue weighted by molar-refractivity contribution is -0.121. The van der Waals surface area contributed by atoms with Crippen molar-refractivity contribution in [2.24, 2.45) is 5.92 Å². The number of carbonyl (C=O) groups excluding carboxylic acids is 1. The van der Waals surface area contributed by atoms with Gasteiger partial charge in [0.05, 0.1) is 6.61 Å². The van der Waals surface area contributed by atoms with Crippen LogP contribution in [-0.2, 0) is 9.53 Å². The maximum Gasteiger partial charge on any atom is 0.242 e. The quantitative estimate of drug-likeness (QED) is 0.835. The van der Waals surface area contributed by atoms with Crippen LogP contribution in [0.3, 0.4) is 0 Å². The summed E-state index contributed by atoms with van der Waals surface area (Å²) in [5.41, 5.74) is 0.828. The van der Waals surface area contributed by atoms with Crippen molar-refractivity contribution in [1.82, 2.24) is 5.32 Å². The summed E-state index contributed by atoms with van der Waals surface area (Å²) < 4.78 is 5.25. The van der Waals surface area contributed by atoms with Gasteiger partial charge in [0.2, 0.25) is 5.91 Å². The molecule has 2 unspecified atom stereocenters. The van der Waals surface area contributed by atoms with Gasteiger partial charge < -0.3 is 10.1 Å². The zero-order chi connectivity index (χ0) is 12.1. The molecule has 1 N–H and O–H groups in total. The zero-order valence-electron chi connectivity index (χ0n) is 9.56. The number of carbonyl (C=O) groups is 1. The Kier molecular flexibility index (Phi) is 4.40. The molecular weight excluding hydrogens is 238 g/mol. The number of hydrogen-bond acceptors (Lipinski definition) is 2. The van der Waals surface area contributed by atoms with Crippen LogP contribution >= 0.6 is 11.6 Å². The Hall–Kier alpha value is -1.06. The Bertz CT molecular complexity index is 363. The lowest BCUT2D eigenvalue weighted by Crippen LogP contribution is -2.31. The summed E-state index contributed by atoms with van der Waals surface area (Å²) in [4.78, 5) is 11.8. The van der Waals surface area contributed by atoms with E-state index in [9.17, 15) is 4.79 Å². The van der Waals surface area contributed by atoms with Crippen molar-refractivity contribution in [2.75, 3.05) is 19.8 Å². The van der Waals surface area contributed by atoms with Crippen molar-refractivity contribution in [3.63, 3.8) is 0 Å². The van der Waals surface area contributed by atoms with Gasteiger partial charge in [-0.2, -0.15) is 0 Å². The maximum atomic E-state index is 11.8. The van der Waals surface area contributed by atoms with Gasteiger partial charge in [0.25, 0.3) is 0 Å². The highest BCUT2D eigenvalue weighted by molar-refractivity contribution is 6.30. The van der Waals surface area contributed by atoms with E-state index in [4.69, 9.17) is 16.3 Å². The second-order valence-corrected chi connectivity index (χ2v) is 4.68. The van der Waals surface area contributed by atoms with Gasteiger partial charge in [-0.25, -0.2) is 0 Å². The van der Waals surface area contributed by atoms with Crippen LogP contribution < -0.4 is 5.32 Å². The Morgan fingerprint density at radius 3 is 2.88 bits per heavy atom. The van der Waals surface area contributed by atoms with Gasteiger partial charge in [0, 0.05) is 19.1 Å². The lowest BCUT2D eigenvalue weighted by atomic mass is 10.1. The van der Waals surface area contributed by atoms with Crippen LogP contribution in [0.25, 0.3) is 0 Å². The average molecular weight is 254 g/mol. The lowest BCUT2D eigenvalue weighted by Gasteiger charge is -2.13. The number of benzene rings is 1. The molecule has 1 aliphatic rings. The summed E-state index contributed by atoms with van der Waals surface area (Å²) in [5.74, 6) is 0.295. The summed E-state index contributed by atoms with van der Waals surface area (Å²) >= 11 is 6.10. The van der Waals surface area contributed by atoms with Crippen LogP contribution in [-0.4, -0.2) is 25.7 Å². The molecule has 1 heterocycles. The molecular formula is C13H16ClNO2. The Morgan fingerprint density at radius 1 is 1.47 bits per heavy atom. The minimum Gasteiger partial charge on any atom is -0.381 e. The molecule has 1 aromatic carbocycles. The molecule has 1 saturated heterocycles. The molecule has 0 saturated carbocycles. The third kappa shape index (κ3) is 3.45. The molecule has 1 amide bonds. The molecule has 0 spiro atoms. The van der Waals surface area contributed by atoms with Gasteiger partial charge in [-0.3, -0.25) is 4.79 Å². The molecule has 17 heavy (non-hydrogen) atoms. The van der Waals surface area contributed by atoms with Crippen LogP contribution in [0, 0.1) is 5.92 Å². The number of nitrogens with one attached hydrogen (secondary N) is 1. The molecule has 0 radical (unpaired) electrons. The number of rotatable bonds is 4. The highest BCUT2D eigenvalue weighted by atomic mass is 35.5. The number of hydrogen-bond donors (Lipinski definition) is 1. The highest BCUT2D eigenvalue weighted by Gasteiger charge is 2.20. The van der Waals surface area contributed by atoms with Gasteiger partial charge in [0.1, 0.15) is 5.38 Å². The molecule has 0 aliphatic carbocycles. The first kappa shape index (κ1) is 12.4. The number of amides is 1. The van der Waals surface area contributed by atoms with Crippen molar-refractivity contribution < 1.29 is 9.53 Å². The SMILES string of the molecule is O=C(NCC1CCOC1)C(Cl)c1ccccc1. The first-order chi connectivity index (χ1) is 8.27. The van der Waals surface area contributed by atoms with Crippen molar-refractivity contribution in [2.45, 2.75) is 11.8 Å². The molecule has 92 valence electrons. The third-order valence-electron chi connectivity index (χ3n) is 2.91. The van der Waals surface area contributed by atoms with Crippen LogP contribution in [0.5, 0.6) is 0 Å². The average Bonchev–Trinajstić information content (AvgIpc) is 2.89. The number of alkyl halides is 1. The van der Waals surface area contributed by atoms with Crippen LogP contribution in [0.15, 0.2) is 30.3 Å². The molecule has 1 fully saturated rings. The fraction of sp³-hybridized carbons (Fsp3) is 0.462. The fourth-order valence-corrected chi connectivity index (χ4v) is 2.07. The van der Waals surface area contributed by atoms with Crippen molar-refractivity contribution in [3.8, 4) is 0 Å². The summed E-state index contributed by atoms with van der Waals surface area (Å²) in [5, 5.41) is 2.26. The molecule has 1 aliphatic heterocycles. The molecule has 0 bridgehead atoms. The molecule has 1 aromatic rings. The molecule has 0 aromatic heterocycles. The minimum atomic E-state index is -0.612. The van der Waals surface area contributed by atoms with E-state index >= 15 is 0 Å². The Labute approximate surface area is 106 Å². The monoisotopic (exact) mass is 253 g/mol. The topological polar surface area (TPSA) is 38.3 Å². The van der Waals surface area contributed by atoms with E-state index in [1.54, 1.807) is 0 Å². The van der Waals surface area contributed by atoms with E-state index < -0.39 is 5.38 Å². The van der Waals surface area contributed by atoms with E-state index in [0.717, 1.165) is 25.2 Å². The van der Waals surface area contributed by atoms with Crippen molar-refractivity contribution >= 4 is 17.5 Å². The van der Waals surface area contributed by atoms with E-state index in [1.807, 2.05) is 30.3 Å². The predicted molar refractivity (Wildman–Crippen MR) is 67.0 cm³/mol. The molecule has 4 heteroatoms. The number of ether oxygens (including phenoxy) is 1. The summed E-state index contributed by atoms with van der Waals surface area (Å²) in [7, 11) is 0. The number of halogens is 1. The van der Waals surface area contributed by atoms with Crippen molar-refractivity contribution in [3.05, 3.63) is 35.9 Å². The van der Waals surface area contributed by atoms with E-state index in [2.05, 4.69) is 5.32 Å². The standard InChI is InChI=1S/C13H16ClNO2/c14-12(11-4-2-1-3-5-11)13(16)15-8-10-6-7-17-9-10/h1-5,10,12H,6-9H2,(H,15,16). The molecule has 2 rings (SSSR count). The highest BCUT2D eigenvalue weighted by Crippen LogP contribution is 2.20. The van der Waals surface area contributed by atoms with Gasteiger partial charge >= 0.3 is 0 Å². The second kappa shape index (κ2) is 6.03. The van der Waals surface area contributed by atoms with E-state index in [-0.39, 0.29) is 5.91 Å². The van der Waals surface area contributed by atoms with Crippen LogP contribution in [0.1, 0.15) is 17.4 Å². The smallest absolute Gasteiger partial charge is 0.242 e. The van der Waals surface area contributed by atoms with Gasteiger partial charge in [0.15, 0.2) is 0 Å². The normalized spacial score (nSPS) is 21.1. The fourth-order valence-electron chi connectivity index (χ4n) is 1.85. The second-order valence-electron chi connectivity index (χ2n) is 4.25. The Morgan fingerprint density at radius 2 is 2.24 bits per heavy atom. The first-order valence-corrected chi connectivity index (χ1v) is 6.25. The third-order valence-corrected chi connectivity index (χ3v) is 3.36. The minimum absolute atomic E-state index is 0.134. The van der Waals surface area contributed by atoms with Crippen LogP contribution in [0.4, 0.5) is 0 Å². The van der Waals surface area contributed by atoms with Crippen LogP contribution in [0.2, 0.25) is 0 Å². The summed E-state index contributed by atoms with van der Waals surface area (Å²) in [6, 6.07) is 9.37. The zero-order valence-corrected chi connectivity index (χ0v) is 10.3. The van der Waals surface area contributed by atoms with Gasteiger partial charge in [-0.15, -0.1) is 11.6 Å². The summed E-state index contributed by atoms with van der Waals surface area (Å²) in [6.07, 6.45) is 1.01. The largest absolute Gasteiger partial charge is 0.381 e. The molecule has 3 nitrogen and oxygen atoms in total. The van der Waals surface area contributed by atoms with Gasteiger partial charge in [-0.05, 0) is 12.0 Å². The van der Waals surface area contributed by atoms with Gasteiger partial charge in [-0.1, -0.05) is 30.3 Å². The predicted octanol–water partition coefficient (Wildman–Crippen LogP) is 2.12. The molecule has 2 atom stereocenters. The maximum absolute atomic E-state index is 11.8.